The van der Waals surface area contributed by atoms with Crippen molar-refractivity contribution in [1.29, 1.82) is 0 Å². The van der Waals surface area contributed by atoms with E-state index in [4.69, 9.17) is 5.73 Å². The number of amides is 2. The quantitative estimate of drug-likeness (QED) is 0.640. The van der Waals surface area contributed by atoms with Gasteiger partial charge in [0.1, 0.15) is 0 Å². The highest BCUT2D eigenvalue weighted by Gasteiger charge is 2.11. The zero-order valence-corrected chi connectivity index (χ0v) is 11.3. The maximum Gasteiger partial charge on any atom is 0.250 e. The van der Waals surface area contributed by atoms with Crippen molar-refractivity contribution in [3.63, 3.8) is 0 Å². The van der Waals surface area contributed by atoms with E-state index >= 15 is 0 Å². The van der Waals surface area contributed by atoms with Gasteiger partial charge in [-0.2, -0.15) is 0 Å². The Bertz CT molecular complexity index is 448. The van der Waals surface area contributed by atoms with Crippen LogP contribution in [0.25, 0.3) is 0 Å². The average molecular weight is 264 g/mol. The molecule has 4 N–H and O–H groups in total. The first-order chi connectivity index (χ1) is 9.04. The number of benzene rings is 1. The van der Waals surface area contributed by atoms with E-state index in [1.807, 2.05) is 19.0 Å². The van der Waals surface area contributed by atoms with Crippen molar-refractivity contribution < 1.29 is 9.59 Å². The largest absolute Gasteiger partial charge is 0.366 e. The van der Waals surface area contributed by atoms with E-state index in [2.05, 4.69) is 10.6 Å². The molecule has 0 atom stereocenters. The van der Waals surface area contributed by atoms with Crippen LogP contribution in [-0.4, -0.2) is 50.4 Å². The number of carbonyl (C=O) groups excluding carboxylic acids is 2. The van der Waals surface area contributed by atoms with Gasteiger partial charge in [0.25, 0.3) is 5.91 Å². The van der Waals surface area contributed by atoms with Crippen molar-refractivity contribution in [3.8, 4) is 0 Å². The fraction of sp³-hybridized carbons (Fsp3) is 0.385. The van der Waals surface area contributed by atoms with Crippen LogP contribution in [0.5, 0.6) is 0 Å². The van der Waals surface area contributed by atoms with Crippen LogP contribution in [-0.2, 0) is 4.79 Å². The number of nitrogens with two attached hydrogens (primary N) is 1. The molecule has 1 rings (SSSR count). The number of carbonyl (C=O) groups is 2. The summed E-state index contributed by atoms with van der Waals surface area (Å²) in [6.07, 6.45) is 0. The summed E-state index contributed by atoms with van der Waals surface area (Å²) in [5.41, 5.74) is 6.01. The summed E-state index contributed by atoms with van der Waals surface area (Å²) in [7, 11) is 3.72. The summed E-state index contributed by atoms with van der Waals surface area (Å²) >= 11 is 0. The van der Waals surface area contributed by atoms with Crippen LogP contribution in [0.15, 0.2) is 24.3 Å². The SMILES string of the molecule is CNCCN(C)CC(=O)Nc1ccccc1C(N)=O. The number of anilines is 1. The van der Waals surface area contributed by atoms with Crippen molar-refractivity contribution in [1.82, 2.24) is 10.2 Å². The molecule has 0 aliphatic carbocycles. The second kappa shape index (κ2) is 7.50. The van der Waals surface area contributed by atoms with Gasteiger partial charge in [-0.1, -0.05) is 12.1 Å². The maximum absolute atomic E-state index is 11.8. The average Bonchev–Trinajstić information content (AvgIpc) is 2.36. The third-order valence-electron chi connectivity index (χ3n) is 2.62. The standard InChI is InChI=1S/C13H20N4O2/c1-15-7-8-17(2)9-12(18)16-11-6-4-3-5-10(11)13(14)19/h3-6,15H,7-9H2,1-2H3,(H2,14,19)(H,16,18). The Morgan fingerprint density at radius 1 is 1.32 bits per heavy atom. The number of likely N-dealkylation sites (N-methyl/N-ethyl adjacent to an activating group) is 2. The number of para-hydroxylation sites is 1. The van der Waals surface area contributed by atoms with Crippen molar-refractivity contribution in [2.45, 2.75) is 0 Å². The first kappa shape index (κ1) is 15.1. The number of primary amides is 1. The van der Waals surface area contributed by atoms with E-state index in [1.54, 1.807) is 24.3 Å². The van der Waals surface area contributed by atoms with Crippen LogP contribution >= 0.6 is 0 Å². The second-order valence-electron chi connectivity index (χ2n) is 4.30. The molecule has 0 aliphatic heterocycles. The van der Waals surface area contributed by atoms with Gasteiger partial charge in [0.2, 0.25) is 5.91 Å². The molecule has 6 nitrogen and oxygen atoms in total. The summed E-state index contributed by atoms with van der Waals surface area (Å²) in [5.74, 6) is -0.730. The highest BCUT2D eigenvalue weighted by Crippen LogP contribution is 2.13. The van der Waals surface area contributed by atoms with Gasteiger partial charge in [0.15, 0.2) is 0 Å². The lowest BCUT2D eigenvalue weighted by Crippen LogP contribution is -2.34. The van der Waals surface area contributed by atoms with E-state index in [0.29, 0.717) is 11.3 Å². The number of rotatable bonds is 7. The Hall–Kier alpha value is -1.92. The van der Waals surface area contributed by atoms with E-state index in [1.165, 1.54) is 0 Å². The van der Waals surface area contributed by atoms with Gasteiger partial charge in [0.05, 0.1) is 17.8 Å². The van der Waals surface area contributed by atoms with Crippen LogP contribution in [0.3, 0.4) is 0 Å². The maximum atomic E-state index is 11.8. The molecule has 0 saturated carbocycles. The third-order valence-corrected chi connectivity index (χ3v) is 2.62. The lowest BCUT2D eigenvalue weighted by Gasteiger charge is -2.16. The minimum atomic E-state index is -0.556. The minimum absolute atomic E-state index is 0.174. The predicted octanol–water partition coefficient (Wildman–Crippen LogP) is -0.125. The van der Waals surface area contributed by atoms with Crippen molar-refractivity contribution in [2.24, 2.45) is 5.73 Å². The number of hydrogen-bond acceptors (Lipinski definition) is 4. The molecule has 0 saturated heterocycles. The molecule has 2 amide bonds. The first-order valence-corrected chi connectivity index (χ1v) is 6.06. The van der Waals surface area contributed by atoms with Gasteiger partial charge < -0.3 is 16.4 Å². The van der Waals surface area contributed by atoms with E-state index < -0.39 is 5.91 Å². The lowest BCUT2D eigenvalue weighted by atomic mass is 10.1. The third kappa shape index (κ3) is 5.07. The summed E-state index contributed by atoms with van der Waals surface area (Å²) in [4.78, 5) is 24.9. The van der Waals surface area contributed by atoms with Crippen LogP contribution in [0.2, 0.25) is 0 Å². The second-order valence-corrected chi connectivity index (χ2v) is 4.30. The molecule has 0 aliphatic rings. The molecular formula is C13H20N4O2. The molecule has 0 spiro atoms. The Kier molecular flexibility index (Phi) is 5.98. The van der Waals surface area contributed by atoms with Gasteiger partial charge >= 0.3 is 0 Å². The first-order valence-electron chi connectivity index (χ1n) is 6.06. The zero-order valence-electron chi connectivity index (χ0n) is 11.3. The molecule has 0 radical (unpaired) electrons. The highest BCUT2D eigenvalue weighted by atomic mass is 16.2. The van der Waals surface area contributed by atoms with E-state index in [9.17, 15) is 9.59 Å². The monoisotopic (exact) mass is 264 g/mol. The molecule has 0 bridgehead atoms. The highest BCUT2D eigenvalue weighted by molar-refractivity contribution is 6.03. The molecule has 0 aromatic heterocycles. The van der Waals surface area contributed by atoms with Crippen LogP contribution in [0.4, 0.5) is 5.69 Å². The summed E-state index contributed by atoms with van der Waals surface area (Å²) in [6.45, 7) is 1.83. The summed E-state index contributed by atoms with van der Waals surface area (Å²) in [5, 5.41) is 5.71. The number of nitrogens with zero attached hydrogens (tertiary/aromatic N) is 1. The van der Waals surface area contributed by atoms with Gasteiger partial charge in [-0.05, 0) is 26.2 Å². The number of hydrogen-bond donors (Lipinski definition) is 3. The molecule has 104 valence electrons. The van der Waals surface area contributed by atoms with Gasteiger partial charge in [-0.3, -0.25) is 14.5 Å². The van der Waals surface area contributed by atoms with E-state index in [-0.39, 0.29) is 12.5 Å². The van der Waals surface area contributed by atoms with Crippen LogP contribution in [0, 0.1) is 0 Å². The summed E-state index contributed by atoms with van der Waals surface area (Å²) < 4.78 is 0. The van der Waals surface area contributed by atoms with Gasteiger partial charge in [-0.25, -0.2) is 0 Å². The van der Waals surface area contributed by atoms with Crippen LogP contribution in [0.1, 0.15) is 10.4 Å². The molecule has 0 unspecified atom stereocenters. The Morgan fingerprint density at radius 3 is 2.63 bits per heavy atom. The van der Waals surface area contributed by atoms with Crippen molar-refractivity contribution in [3.05, 3.63) is 29.8 Å². The van der Waals surface area contributed by atoms with Gasteiger partial charge in [-0.15, -0.1) is 0 Å². The van der Waals surface area contributed by atoms with E-state index in [0.717, 1.165) is 13.1 Å². The minimum Gasteiger partial charge on any atom is -0.366 e. The normalized spacial score (nSPS) is 10.5. The van der Waals surface area contributed by atoms with Crippen molar-refractivity contribution in [2.75, 3.05) is 39.0 Å². The smallest absolute Gasteiger partial charge is 0.250 e. The molecule has 1 aromatic carbocycles. The molecule has 0 heterocycles. The fourth-order valence-corrected chi connectivity index (χ4v) is 1.62. The zero-order chi connectivity index (χ0) is 14.3. The number of nitrogens with one attached hydrogen (secondary N) is 2. The topological polar surface area (TPSA) is 87.5 Å². The molecule has 1 aromatic rings. The fourth-order valence-electron chi connectivity index (χ4n) is 1.62. The molecule has 6 heteroatoms. The summed E-state index contributed by atoms with van der Waals surface area (Å²) in [6, 6.07) is 6.69. The molecule has 0 fully saturated rings. The molecule has 19 heavy (non-hydrogen) atoms. The van der Waals surface area contributed by atoms with Gasteiger partial charge in [0, 0.05) is 13.1 Å². The Balaban J connectivity index is 2.60. The molecular weight excluding hydrogens is 244 g/mol. The predicted molar refractivity (Wildman–Crippen MR) is 75.0 cm³/mol. The Labute approximate surface area is 113 Å². The lowest BCUT2D eigenvalue weighted by molar-refractivity contribution is -0.117. The van der Waals surface area contributed by atoms with Crippen molar-refractivity contribution >= 4 is 17.5 Å². The van der Waals surface area contributed by atoms with Crippen LogP contribution < -0.4 is 16.4 Å². The Morgan fingerprint density at radius 2 is 2.00 bits per heavy atom.